The standard InChI is InChI=1S/C10H23NO2/c1-6-10(4,13-5)8(12)9(2,3)7-11/h8,12H,6-7,11H2,1-5H3. The van der Waals surface area contributed by atoms with Crippen LogP contribution in [0.3, 0.4) is 0 Å². The summed E-state index contributed by atoms with van der Waals surface area (Å²) in [7, 11) is 1.62. The van der Waals surface area contributed by atoms with Crippen molar-refractivity contribution in [2.24, 2.45) is 11.1 Å². The van der Waals surface area contributed by atoms with Crippen LogP contribution in [-0.2, 0) is 4.74 Å². The molecule has 0 aliphatic rings. The summed E-state index contributed by atoms with van der Waals surface area (Å²) in [6.45, 7) is 8.26. The first-order chi connectivity index (χ1) is 5.84. The fourth-order valence-corrected chi connectivity index (χ4v) is 1.39. The molecular weight excluding hydrogens is 166 g/mol. The monoisotopic (exact) mass is 189 g/mol. The lowest BCUT2D eigenvalue weighted by atomic mass is 9.76. The van der Waals surface area contributed by atoms with Crippen molar-refractivity contribution in [3.05, 3.63) is 0 Å². The van der Waals surface area contributed by atoms with Crippen LogP contribution in [0.1, 0.15) is 34.1 Å². The van der Waals surface area contributed by atoms with Gasteiger partial charge in [-0.2, -0.15) is 0 Å². The summed E-state index contributed by atoms with van der Waals surface area (Å²) < 4.78 is 5.33. The van der Waals surface area contributed by atoms with Gasteiger partial charge in [-0.3, -0.25) is 0 Å². The summed E-state index contributed by atoms with van der Waals surface area (Å²) in [5.74, 6) is 0. The zero-order valence-electron chi connectivity index (χ0n) is 9.42. The predicted molar refractivity (Wildman–Crippen MR) is 54.5 cm³/mol. The Balaban J connectivity index is 4.64. The van der Waals surface area contributed by atoms with E-state index in [-0.39, 0.29) is 5.41 Å². The molecule has 0 heterocycles. The molecule has 0 rings (SSSR count). The van der Waals surface area contributed by atoms with E-state index in [1.807, 2.05) is 27.7 Å². The van der Waals surface area contributed by atoms with Crippen LogP contribution in [0.4, 0.5) is 0 Å². The maximum absolute atomic E-state index is 10.1. The molecule has 0 radical (unpaired) electrons. The minimum Gasteiger partial charge on any atom is -0.390 e. The molecule has 3 heteroatoms. The average molecular weight is 189 g/mol. The highest BCUT2D eigenvalue weighted by Gasteiger charge is 2.40. The molecule has 3 nitrogen and oxygen atoms in total. The summed E-state index contributed by atoms with van der Waals surface area (Å²) in [6, 6.07) is 0. The van der Waals surface area contributed by atoms with Gasteiger partial charge in [-0.05, 0) is 13.3 Å². The minimum absolute atomic E-state index is 0.305. The maximum Gasteiger partial charge on any atom is 0.0911 e. The first kappa shape index (κ1) is 12.9. The van der Waals surface area contributed by atoms with Crippen molar-refractivity contribution in [2.75, 3.05) is 13.7 Å². The molecule has 3 N–H and O–H groups in total. The summed E-state index contributed by atoms with van der Waals surface area (Å²) in [5, 5.41) is 10.1. The summed E-state index contributed by atoms with van der Waals surface area (Å²) in [4.78, 5) is 0. The van der Waals surface area contributed by atoms with Crippen LogP contribution >= 0.6 is 0 Å². The van der Waals surface area contributed by atoms with Gasteiger partial charge in [0.25, 0.3) is 0 Å². The van der Waals surface area contributed by atoms with Crippen molar-refractivity contribution in [1.29, 1.82) is 0 Å². The van der Waals surface area contributed by atoms with Gasteiger partial charge in [0.15, 0.2) is 0 Å². The van der Waals surface area contributed by atoms with Gasteiger partial charge >= 0.3 is 0 Å². The van der Waals surface area contributed by atoms with E-state index in [9.17, 15) is 5.11 Å². The molecule has 0 bridgehead atoms. The first-order valence-electron chi connectivity index (χ1n) is 4.77. The van der Waals surface area contributed by atoms with E-state index in [0.29, 0.717) is 6.54 Å². The second-order valence-electron chi connectivity index (χ2n) is 4.47. The number of ether oxygens (including phenoxy) is 1. The van der Waals surface area contributed by atoms with Crippen LogP contribution in [0.15, 0.2) is 0 Å². The molecule has 0 aliphatic carbocycles. The van der Waals surface area contributed by atoms with Crippen molar-refractivity contribution in [1.82, 2.24) is 0 Å². The number of hydrogen-bond donors (Lipinski definition) is 2. The molecular formula is C10H23NO2. The third kappa shape index (κ3) is 2.66. The van der Waals surface area contributed by atoms with Gasteiger partial charge in [0, 0.05) is 19.1 Å². The Labute approximate surface area is 81.3 Å². The molecule has 0 amide bonds. The number of rotatable bonds is 5. The highest BCUT2D eigenvalue weighted by molar-refractivity contribution is 4.92. The second kappa shape index (κ2) is 4.40. The Morgan fingerprint density at radius 2 is 1.85 bits per heavy atom. The van der Waals surface area contributed by atoms with Gasteiger partial charge in [-0.1, -0.05) is 20.8 Å². The smallest absolute Gasteiger partial charge is 0.0911 e. The van der Waals surface area contributed by atoms with Gasteiger partial charge in [-0.15, -0.1) is 0 Å². The topological polar surface area (TPSA) is 55.5 Å². The van der Waals surface area contributed by atoms with Crippen molar-refractivity contribution < 1.29 is 9.84 Å². The van der Waals surface area contributed by atoms with E-state index in [1.165, 1.54) is 0 Å². The molecule has 0 aliphatic heterocycles. The fraction of sp³-hybridized carbons (Fsp3) is 1.00. The normalized spacial score (nSPS) is 19.6. The van der Waals surface area contributed by atoms with E-state index < -0.39 is 11.7 Å². The SMILES string of the molecule is CCC(C)(OC)C(O)C(C)(C)CN. The fourth-order valence-electron chi connectivity index (χ4n) is 1.39. The van der Waals surface area contributed by atoms with E-state index in [1.54, 1.807) is 7.11 Å². The zero-order chi connectivity index (χ0) is 10.7. The lowest BCUT2D eigenvalue weighted by Crippen LogP contribution is -2.52. The van der Waals surface area contributed by atoms with E-state index in [4.69, 9.17) is 10.5 Å². The number of nitrogens with two attached hydrogens (primary N) is 1. The molecule has 0 fully saturated rings. The molecule has 13 heavy (non-hydrogen) atoms. The van der Waals surface area contributed by atoms with E-state index >= 15 is 0 Å². The Hall–Kier alpha value is -0.120. The number of hydrogen-bond acceptors (Lipinski definition) is 3. The van der Waals surface area contributed by atoms with Gasteiger partial charge < -0.3 is 15.6 Å². The van der Waals surface area contributed by atoms with Crippen LogP contribution in [0.25, 0.3) is 0 Å². The molecule has 0 saturated carbocycles. The number of aliphatic hydroxyl groups excluding tert-OH is 1. The van der Waals surface area contributed by atoms with Gasteiger partial charge in [0.2, 0.25) is 0 Å². The van der Waals surface area contributed by atoms with Crippen LogP contribution in [0, 0.1) is 5.41 Å². The van der Waals surface area contributed by atoms with Crippen molar-refractivity contribution in [3.63, 3.8) is 0 Å². The number of methoxy groups -OCH3 is 1. The molecule has 0 aromatic heterocycles. The Bertz CT molecular complexity index is 153. The Morgan fingerprint density at radius 1 is 1.38 bits per heavy atom. The van der Waals surface area contributed by atoms with Gasteiger partial charge in [0.05, 0.1) is 11.7 Å². The van der Waals surface area contributed by atoms with Crippen molar-refractivity contribution >= 4 is 0 Å². The van der Waals surface area contributed by atoms with Gasteiger partial charge in [-0.25, -0.2) is 0 Å². The average Bonchev–Trinajstić information content (AvgIpc) is 2.15. The Kier molecular flexibility index (Phi) is 4.36. The third-order valence-electron chi connectivity index (χ3n) is 3.01. The van der Waals surface area contributed by atoms with E-state index in [0.717, 1.165) is 6.42 Å². The van der Waals surface area contributed by atoms with Crippen LogP contribution in [0.5, 0.6) is 0 Å². The zero-order valence-corrected chi connectivity index (χ0v) is 9.42. The lowest BCUT2D eigenvalue weighted by Gasteiger charge is -2.41. The molecule has 0 spiro atoms. The molecule has 80 valence electrons. The maximum atomic E-state index is 10.1. The van der Waals surface area contributed by atoms with Crippen LogP contribution in [-0.4, -0.2) is 30.5 Å². The molecule has 0 aromatic carbocycles. The largest absolute Gasteiger partial charge is 0.390 e. The summed E-state index contributed by atoms with van der Waals surface area (Å²) in [6.07, 6.45) is 0.230. The first-order valence-corrected chi connectivity index (χ1v) is 4.77. The van der Waals surface area contributed by atoms with Gasteiger partial charge in [0.1, 0.15) is 0 Å². The molecule has 0 aromatic rings. The summed E-state index contributed by atoms with van der Waals surface area (Å²) >= 11 is 0. The third-order valence-corrected chi connectivity index (χ3v) is 3.01. The van der Waals surface area contributed by atoms with Crippen LogP contribution < -0.4 is 5.73 Å². The lowest BCUT2D eigenvalue weighted by molar-refractivity contribution is -0.134. The number of aliphatic hydroxyl groups is 1. The van der Waals surface area contributed by atoms with Crippen molar-refractivity contribution in [2.45, 2.75) is 45.8 Å². The van der Waals surface area contributed by atoms with Crippen LogP contribution in [0.2, 0.25) is 0 Å². The minimum atomic E-state index is -0.542. The highest BCUT2D eigenvalue weighted by Crippen LogP contribution is 2.31. The quantitative estimate of drug-likeness (QED) is 0.682. The second-order valence-corrected chi connectivity index (χ2v) is 4.47. The molecule has 2 unspecified atom stereocenters. The molecule has 0 saturated heterocycles. The highest BCUT2D eigenvalue weighted by atomic mass is 16.5. The summed E-state index contributed by atoms with van der Waals surface area (Å²) in [5.41, 5.74) is 4.80. The molecule has 2 atom stereocenters. The van der Waals surface area contributed by atoms with Crippen molar-refractivity contribution in [3.8, 4) is 0 Å². The Morgan fingerprint density at radius 3 is 2.08 bits per heavy atom. The van der Waals surface area contributed by atoms with E-state index in [2.05, 4.69) is 0 Å². The predicted octanol–water partition coefficient (Wildman–Crippen LogP) is 1.15.